The first-order valence-electron chi connectivity index (χ1n) is 7.30. The average Bonchev–Trinajstić information content (AvgIpc) is 2.86. The van der Waals surface area contributed by atoms with Crippen molar-refractivity contribution in [1.82, 2.24) is 4.57 Å². The van der Waals surface area contributed by atoms with Crippen molar-refractivity contribution in [3.05, 3.63) is 57.9 Å². The van der Waals surface area contributed by atoms with E-state index in [0.29, 0.717) is 10.4 Å². The van der Waals surface area contributed by atoms with E-state index >= 15 is 0 Å². The summed E-state index contributed by atoms with van der Waals surface area (Å²) in [5.74, 6) is 0.557. The van der Waals surface area contributed by atoms with Crippen LogP contribution in [0.3, 0.4) is 0 Å². The van der Waals surface area contributed by atoms with Gasteiger partial charge in [-0.25, -0.2) is 0 Å². The highest BCUT2D eigenvalue weighted by Crippen LogP contribution is 2.29. The zero-order valence-corrected chi connectivity index (χ0v) is 14.4. The molecule has 1 amide bonds. The van der Waals surface area contributed by atoms with Crippen LogP contribution in [0.15, 0.2) is 41.4 Å². The summed E-state index contributed by atoms with van der Waals surface area (Å²) in [7, 11) is 3.56. The van der Waals surface area contributed by atoms with Crippen LogP contribution in [0.5, 0.6) is 5.75 Å². The molecule has 1 aromatic heterocycles. The summed E-state index contributed by atoms with van der Waals surface area (Å²) in [6, 6.07) is 11.4. The Morgan fingerprint density at radius 2 is 2.00 bits per heavy atom. The number of benzene rings is 2. The Morgan fingerprint density at radius 3 is 2.70 bits per heavy atom. The summed E-state index contributed by atoms with van der Waals surface area (Å²) in [6.45, 7) is 4.01. The summed E-state index contributed by atoms with van der Waals surface area (Å²) >= 11 is 1.50. The Morgan fingerprint density at radius 1 is 1.22 bits per heavy atom. The van der Waals surface area contributed by atoms with Gasteiger partial charge in [0.05, 0.1) is 11.8 Å². The molecular weight excluding hydrogens is 308 g/mol. The molecule has 0 saturated heterocycles. The molecule has 0 bridgehead atoms. The molecule has 0 atom stereocenters. The lowest BCUT2D eigenvalue weighted by atomic mass is 10.1. The van der Waals surface area contributed by atoms with Crippen molar-refractivity contribution < 1.29 is 9.53 Å². The molecule has 0 fully saturated rings. The molecule has 0 spiro atoms. The Hall–Kier alpha value is -2.40. The number of aromatic nitrogens is 1. The first-order valence-corrected chi connectivity index (χ1v) is 8.11. The predicted octanol–water partition coefficient (Wildman–Crippen LogP) is 3.61. The SMILES string of the molecule is COc1ccc(C)c2sc(=NC(=O)c3cccc(C)c3)n(C)c12. The fourth-order valence-electron chi connectivity index (χ4n) is 2.55. The quantitative estimate of drug-likeness (QED) is 0.722. The predicted molar refractivity (Wildman–Crippen MR) is 93.2 cm³/mol. The molecule has 0 N–H and O–H groups in total. The smallest absolute Gasteiger partial charge is 0.279 e. The van der Waals surface area contributed by atoms with Crippen LogP contribution < -0.4 is 9.54 Å². The van der Waals surface area contributed by atoms with Gasteiger partial charge in [0.1, 0.15) is 11.3 Å². The molecule has 1 heterocycles. The van der Waals surface area contributed by atoms with Gasteiger partial charge in [0.2, 0.25) is 0 Å². The average molecular weight is 326 g/mol. The van der Waals surface area contributed by atoms with Gasteiger partial charge in [-0.15, -0.1) is 0 Å². The van der Waals surface area contributed by atoms with Gasteiger partial charge in [-0.3, -0.25) is 4.79 Å². The van der Waals surface area contributed by atoms with Gasteiger partial charge in [-0.05, 0) is 37.6 Å². The molecule has 0 unspecified atom stereocenters. The van der Waals surface area contributed by atoms with Crippen LogP contribution in [-0.2, 0) is 7.05 Å². The molecule has 0 aliphatic rings. The Balaban J connectivity index is 2.18. The van der Waals surface area contributed by atoms with Crippen LogP contribution in [0.1, 0.15) is 21.5 Å². The number of amides is 1. The van der Waals surface area contributed by atoms with Crippen molar-refractivity contribution in [2.75, 3.05) is 7.11 Å². The third-order valence-corrected chi connectivity index (χ3v) is 5.06. The Bertz CT molecular complexity index is 967. The minimum Gasteiger partial charge on any atom is -0.495 e. The van der Waals surface area contributed by atoms with Crippen molar-refractivity contribution in [3.63, 3.8) is 0 Å². The van der Waals surface area contributed by atoms with Gasteiger partial charge < -0.3 is 9.30 Å². The van der Waals surface area contributed by atoms with E-state index in [1.807, 2.05) is 55.8 Å². The van der Waals surface area contributed by atoms with Crippen LogP contribution in [0.25, 0.3) is 10.2 Å². The van der Waals surface area contributed by atoms with E-state index in [4.69, 9.17) is 4.74 Å². The van der Waals surface area contributed by atoms with Crippen LogP contribution in [0, 0.1) is 13.8 Å². The second-order valence-corrected chi connectivity index (χ2v) is 6.47. The van der Waals surface area contributed by atoms with E-state index in [9.17, 15) is 4.79 Å². The van der Waals surface area contributed by atoms with Gasteiger partial charge in [0, 0.05) is 12.6 Å². The number of thiazole rings is 1. The topological polar surface area (TPSA) is 43.6 Å². The van der Waals surface area contributed by atoms with Crippen molar-refractivity contribution in [3.8, 4) is 5.75 Å². The minimum atomic E-state index is -0.229. The van der Waals surface area contributed by atoms with Crippen LogP contribution in [0.2, 0.25) is 0 Å². The molecule has 4 nitrogen and oxygen atoms in total. The van der Waals surface area contributed by atoms with E-state index < -0.39 is 0 Å². The number of rotatable bonds is 2. The highest BCUT2D eigenvalue weighted by molar-refractivity contribution is 7.16. The molecule has 118 valence electrons. The van der Waals surface area contributed by atoms with Gasteiger partial charge >= 0.3 is 0 Å². The van der Waals surface area contributed by atoms with Gasteiger partial charge in [0.25, 0.3) is 5.91 Å². The molecule has 23 heavy (non-hydrogen) atoms. The van der Waals surface area contributed by atoms with E-state index in [1.165, 1.54) is 11.3 Å². The van der Waals surface area contributed by atoms with E-state index in [2.05, 4.69) is 4.99 Å². The number of methoxy groups -OCH3 is 1. The molecule has 3 rings (SSSR count). The maximum absolute atomic E-state index is 12.4. The molecule has 0 radical (unpaired) electrons. The number of carbonyl (C=O) groups is 1. The number of ether oxygens (including phenoxy) is 1. The van der Waals surface area contributed by atoms with Gasteiger partial charge in [-0.2, -0.15) is 4.99 Å². The fourth-order valence-corrected chi connectivity index (χ4v) is 3.65. The highest BCUT2D eigenvalue weighted by Gasteiger charge is 2.12. The maximum atomic E-state index is 12.4. The fraction of sp³-hybridized carbons (Fsp3) is 0.222. The van der Waals surface area contributed by atoms with Crippen LogP contribution >= 0.6 is 11.3 Å². The van der Waals surface area contributed by atoms with Crippen molar-refractivity contribution in [1.29, 1.82) is 0 Å². The molecule has 0 saturated carbocycles. The van der Waals surface area contributed by atoms with Crippen molar-refractivity contribution in [2.45, 2.75) is 13.8 Å². The summed E-state index contributed by atoms with van der Waals surface area (Å²) in [5.41, 5.74) is 3.76. The number of fused-ring (bicyclic) bond motifs is 1. The lowest BCUT2D eigenvalue weighted by molar-refractivity contribution is 0.0998. The van der Waals surface area contributed by atoms with E-state index in [1.54, 1.807) is 13.2 Å². The second kappa shape index (κ2) is 6.01. The van der Waals surface area contributed by atoms with Crippen LogP contribution in [-0.4, -0.2) is 17.6 Å². The molecule has 2 aromatic carbocycles. The molecule has 5 heteroatoms. The maximum Gasteiger partial charge on any atom is 0.279 e. The molecular formula is C18H18N2O2S. The monoisotopic (exact) mass is 326 g/mol. The number of hydrogen-bond acceptors (Lipinski definition) is 3. The Labute approximate surface area is 138 Å². The standard InChI is InChI=1S/C18H18N2O2S/c1-11-6-5-7-13(10-11)17(21)19-18-20(3)15-14(22-4)9-8-12(2)16(15)23-18/h5-10H,1-4H3. The van der Waals surface area contributed by atoms with Gasteiger partial charge in [0.15, 0.2) is 4.80 Å². The third kappa shape index (κ3) is 2.80. The molecule has 3 aromatic rings. The second-order valence-electron chi connectivity index (χ2n) is 5.49. The number of aryl methyl sites for hydroxylation is 3. The zero-order chi connectivity index (χ0) is 16.6. The molecule has 0 aliphatic heterocycles. The number of nitrogens with zero attached hydrogens (tertiary/aromatic N) is 2. The van der Waals surface area contributed by atoms with E-state index in [-0.39, 0.29) is 5.91 Å². The highest BCUT2D eigenvalue weighted by atomic mass is 32.1. The summed E-state index contributed by atoms with van der Waals surface area (Å²) in [6.07, 6.45) is 0. The normalized spacial score (nSPS) is 11.9. The van der Waals surface area contributed by atoms with Crippen molar-refractivity contribution >= 4 is 27.5 Å². The van der Waals surface area contributed by atoms with Crippen LogP contribution in [0.4, 0.5) is 0 Å². The van der Waals surface area contributed by atoms with Gasteiger partial charge in [-0.1, -0.05) is 35.1 Å². The number of hydrogen-bond donors (Lipinski definition) is 0. The zero-order valence-electron chi connectivity index (χ0n) is 13.6. The summed E-state index contributed by atoms with van der Waals surface area (Å²) < 4.78 is 8.44. The molecule has 0 aliphatic carbocycles. The largest absolute Gasteiger partial charge is 0.495 e. The summed E-state index contributed by atoms with van der Waals surface area (Å²) in [5, 5.41) is 0. The van der Waals surface area contributed by atoms with E-state index in [0.717, 1.165) is 27.1 Å². The lowest BCUT2D eigenvalue weighted by Crippen LogP contribution is -2.13. The lowest BCUT2D eigenvalue weighted by Gasteiger charge is -2.05. The first kappa shape index (κ1) is 15.5. The van der Waals surface area contributed by atoms with Crippen molar-refractivity contribution in [2.24, 2.45) is 12.0 Å². The number of carbonyl (C=O) groups excluding carboxylic acids is 1. The minimum absolute atomic E-state index is 0.229. The first-order chi connectivity index (χ1) is 11.0. The third-order valence-electron chi connectivity index (χ3n) is 3.79. The summed E-state index contributed by atoms with van der Waals surface area (Å²) in [4.78, 5) is 17.4. The Kier molecular flexibility index (Phi) is 4.05.